The molecule has 1 aromatic rings. The highest BCUT2D eigenvalue weighted by Gasteiger charge is 2.18. The molecule has 0 radical (unpaired) electrons. The van der Waals surface area contributed by atoms with Crippen LogP contribution in [0.25, 0.3) is 0 Å². The lowest BCUT2D eigenvalue weighted by atomic mass is 10.1. The second kappa shape index (κ2) is 4.77. The molecule has 0 amide bonds. The Kier molecular flexibility index (Phi) is 3.39. The maximum Gasteiger partial charge on any atom is 0.0180 e. The van der Waals surface area contributed by atoms with E-state index in [4.69, 9.17) is 5.73 Å². The van der Waals surface area contributed by atoms with E-state index in [2.05, 4.69) is 36.1 Å². The van der Waals surface area contributed by atoms with E-state index in [1.165, 1.54) is 17.7 Å². The van der Waals surface area contributed by atoms with Crippen molar-refractivity contribution in [2.45, 2.75) is 25.8 Å². The van der Waals surface area contributed by atoms with Crippen LogP contribution < -0.4 is 5.73 Å². The van der Waals surface area contributed by atoms with E-state index in [0.29, 0.717) is 6.04 Å². The molecule has 82 valence electrons. The number of nitrogens with two attached hydrogens (primary N) is 1. The molecule has 2 rings (SSSR count). The molecule has 15 heavy (non-hydrogen) atoms. The van der Waals surface area contributed by atoms with E-state index in [-0.39, 0.29) is 0 Å². The average Bonchev–Trinajstić information content (AvgIpc) is 2.63. The molecule has 0 spiro atoms. The number of rotatable bonds is 3. The first-order valence-corrected chi connectivity index (χ1v) is 5.78. The van der Waals surface area contributed by atoms with Gasteiger partial charge in [-0.25, -0.2) is 0 Å². The summed E-state index contributed by atoms with van der Waals surface area (Å²) in [4.78, 5) is 2.47. The molecule has 0 bridgehead atoms. The molecule has 0 aliphatic carbocycles. The van der Waals surface area contributed by atoms with Crippen molar-refractivity contribution in [1.82, 2.24) is 4.90 Å². The highest BCUT2D eigenvalue weighted by Crippen LogP contribution is 2.11. The summed E-state index contributed by atoms with van der Waals surface area (Å²) in [5.41, 5.74) is 8.76. The van der Waals surface area contributed by atoms with E-state index in [1.54, 1.807) is 0 Å². The smallest absolute Gasteiger partial charge is 0.0180 e. The largest absolute Gasteiger partial charge is 0.326 e. The molecule has 1 heterocycles. The lowest BCUT2D eigenvalue weighted by Gasteiger charge is -2.15. The van der Waals surface area contributed by atoms with Crippen molar-refractivity contribution in [3.63, 3.8) is 0 Å². The van der Waals surface area contributed by atoms with Crippen molar-refractivity contribution in [2.24, 2.45) is 5.73 Å². The topological polar surface area (TPSA) is 29.3 Å². The maximum atomic E-state index is 5.88. The minimum Gasteiger partial charge on any atom is -0.326 e. The van der Waals surface area contributed by atoms with Gasteiger partial charge >= 0.3 is 0 Å². The standard InChI is InChI=1S/C13H20N2/c1-11-4-2-3-5-12(11)6-8-15-9-7-13(14)10-15/h2-5,13H,6-10,14H2,1H3. The van der Waals surface area contributed by atoms with Gasteiger partial charge in [-0.2, -0.15) is 0 Å². The molecular weight excluding hydrogens is 184 g/mol. The number of hydrogen-bond acceptors (Lipinski definition) is 2. The SMILES string of the molecule is Cc1ccccc1CCN1CCC(N)C1. The molecule has 1 atom stereocenters. The molecule has 1 aliphatic rings. The minimum atomic E-state index is 0.405. The van der Waals surface area contributed by atoms with Gasteiger partial charge in [0.1, 0.15) is 0 Å². The molecule has 2 nitrogen and oxygen atoms in total. The van der Waals surface area contributed by atoms with Gasteiger partial charge in [0.2, 0.25) is 0 Å². The van der Waals surface area contributed by atoms with Crippen LogP contribution in [0.5, 0.6) is 0 Å². The third kappa shape index (κ3) is 2.80. The molecule has 1 aliphatic heterocycles. The van der Waals surface area contributed by atoms with E-state index in [9.17, 15) is 0 Å². The molecule has 2 N–H and O–H groups in total. The van der Waals surface area contributed by atoms with Crippen LogP contribution in [-0.2, 0) is 6.42 Å². The average molecular weight is 204 g/mol. The first kappa shape index (κ1) is 10.7. The minimum absolute atomic E-state index is 0.405. The van der Waals surface area contributed by atoms with Gasteiger partial charge in [-0.15, -0.1) is 0 Å². The third-order valence-corrected chi connectivity index (χ3v) is 3.27. The molecular formula is C13H20N2. The second-order valence-electron chi connectivity index (χ2n) is 4.53. The van der Waals surface area contributed by atoms with E-state index < -0.39 is 0 Å². The maximum absolute atomic E-state index is 5.88. The van der Waals surface area contributed by atoms with Gasteiger partial charge in [0.25, 0.3) is 0 Å². The van der Waals surface area contributed by atoms with E-state index >= 15 is 0 Å². The molecule has 1 aromatic carbocycles. The Morgan fingerprint density at radius 1 is 1.40 bits per heavy atom. The second-order valence-corrected chi connectivity index (χ2v) is 4.53. The Balaban J connectivity index is 1.86. The summed E-state index contributed by atoms with van der Waals surface area (Å²) < 4.78 is 0. The van der Waals surface area contributed by atoms with Crippen molar-refractivity contribution in [3.8, 4) is 0 Å². The summed E-state index contributed by atoms with van der Waals surface area (Å²) in [6, 6.07) is 9.04. The van der Waals surface area contributed by atoms with Crippen molar-refractivity contribution in [2.75, 3.05) is 19.6 Å². The van der Waals surface area contributed by atoms with Crippen molar-refractivity contribution in [1.29, 1.82) is 0 Å². The van der Waals surface area contributed by atoms with E-state index in [0.717, 1.165) is 25.9 Å². The fraction of sp³-hybridized carbons (Fsp3) is 0.538. The number of aryl methyl sites for hydroxylation is 1. The van der Waals surface area contributed by atoms with Crippen LogP contribution in [0, 0.1) is 6.92 Å². The van der Waals surface area contributed by atoms with Crippen molar-refractivity contribution in [3.05, 3.63) is 35.4 Å². The van der Waals surface area contributed by atoms with Crippen LogP contribution in [0.2, 0.25) is 0 Å². The number of likely N-dealkylation sites (tertiary alicyclic amines) is 1. The van der Waals surface area contributed by atoms with Crippen molar-refractivity contribution >= 4 is 0 Å². The summed E-state index contributed by atoms with van der Waals surface area (Å²) in [5.74, 6) is 0. The molecule has 0 saturated carbocycles. The first-order valence-electron chi connectivity index (χ1n) is 5.78. The molecule has 1 fully saturated rings. The summed E-state index contributed by atoms with van der Waals surface area (Å²) in [7, 11) is 0. The van der Waals surface area contributed by atoms with Crippen LogP contribution in [0.1, 0.15) is 17.5 Å². The van der Waals surface area contributed by atoms with Gasteiger partial charge in [-0.3, -0.25) is 0 Å². The molecule has 1 unspecified atom stereocenters. The normalized spacial score (nSPS) is 22.1. The Labute approximate surface area is 92.1 Å². The third-order valence-electron chi connectivity index (χ3n) is 3.27. The predicted octanol–water partition coefficient (Wildman–Crippen LogP) is 1.57. The predicted molar refractivity (Wildman–Crippen MR) is 63.9 cm³/mol. The van der Waals surface area contributed by atoms with Crippen LogP contribution >= 0.6 is 0 Å². The fourth-order valence-electron chi connectivity index (χ4n) is 2.23. The zero-order valence-electron chi connectivity index (χ0n) is 9.45. The Bertz CT molecular complexity index is 322. The monoisotopic (exact) mass is 204 g/mol. The van der Waals surface area contributed by atoms with Gasteiger partial charge in [0.05, 0.1) is 0 Å². The molecule has 1 saturated heterocycles. The van der Waals surface area contributed by atoms with E-state index in [1.807, 2.05) is 0 Å². The number of benzene rings is 1. The first-order chi connectivity index (χ1) is 7.25. The molecule has 0 aromatic heterocycles. The lowest BCUT2D eigenvalue weighted by Crippen LogP contribution is -2.28. The van der Waals surface area contributed by atoms with Crippen LogP contribution in [0.3, 0.4) is 0 Å². The highest BCUT2D eigenvalue weighted by molar-refractivity contribution is 5.25. The zero-order chi connectivity index (χ0) is 10.7. The Morgan fingerprint density at radius 3 is 2.87 bits per heavy atom. The number of nitrogens with zero attached hydrogens (tertiary/aromatic N) is 1. The summed E-state index contributed by atoms with van der Waals surface area (Å²) in [5, 5.41) is 0. The van der Waals surface area contributed by atoms with Crippen LogP contribution in [0.4, 0.5) is 0 Å². The van der Waals surface area contributed by atoms with Gasteiger partial charge in [-0.1, -0.05) is 24.3 Å². The lowest BCUT2D eigenvalue weighted by molar-refractivity contribution is 0.339. The van der Waals surface area contributed by atoms with Gasteiger partial charge < -0.3 is 10.6 Å². The summed E-state index contributed by atoms with van der Waals surface area (Å²) in [6.45, 7) is 5.59. The van der Waals surface area contributed by atoms with Gasteiger partial charge in [0.15, 0.2) is 0 Å². The summed E-state index contributed by atoms with van der Waals surface area (Å²) >= 11 is 0. The quantitative estimate of drug-likeness (QED) is 0.810. The van der Waals surface area contributed by atoms with Gasteiger partial charge in [-0.05, 0) is 37.4 Å². The molecule has 2 heteroatoms. The van der Waals surface area contributed by atoms with Crippen LogP contribution in [-0.4, -0.2) is 30.6 Å². The fourth-order valence-corrected chi connectivity index (χ4v) is 2.23. The Hall–Kier alpha value is -0.860. The highest BCUT2D eigenvalue weighted by atomic mass is 15.2. The Morgan fingerprint density at radius 2 is 2.20 bits per heavy atom. The van der Waals surface area contributed by atoms with Gasteiger partial charge in [0, 0.05) is 19.1 Å². The zero-order valence-corrected chi connectivity index (χ0v) is 9.45. The number of hydrogen-bond donors (Lipinski definition) is 1. The van der Waals surface area contributed by atoms with Crippen LogP contribution in [0.15, 0.2) is 24.3 Å². The summed E-state index contributed by atoms with van der Waals surface area (Å²) in [6.07, 6.45) is 2.31. The van der Waals surface area contributed by atoms with Crippen molar-refractivity contribution < 1.29 is 0 Å².